The summed E-state index contributed by atoms with van der Waals surface area (Å²) in [4.78, 5) is 8.39. The molecule has 68 heavy (non-hydrogen) atoms. The summed E-state index contributed by atoms with van der Waals surface area (Å²) in [6.45, 7) is 24.4. The SMILES string of the molecule is CC1=CC=CCC1N(C1=CCC2B3c4c(cc(C(C)(C)C)cc4-n4c5c(c6cc(C(C)(C)C)cc3c64)C(C)(C)C3=CC=CCC35)N(c3cccc4c3C3CC=CC=C3S4)C2=C1)c1ccccc1C. The first kappa shape index (κ1) is 42.5. The van der Waals surface area contributed by atoms with Crippen molar-refractivity contribution in [3.8, 4) is 5.69 Å². The molecule has 5 heteroatoms. The van der Waals surface area contributed by atoms with Gasteiger partial charge in [-0.2, -0.15) is 0 Å². The van der Waals surface area contributed by atoms with Crippen LogP contribution in [0.4, 0.5) is 17.1 Å². The maximum absolute atomic E-state index is 2.84. The van der Waals surface area contributed by atoms with E-state index in [2.05, 4.69) is 217 Å². The zero-order valence-corrected chi connectivity index (χ0v) is 42.5. The van der Waals surface area contributed by atoms with Crippen molar-refractivity contribution in [2.75, 3.05) is 9.80 Å². The van der Waals surface area contributed by atoms with Gasteiger partial charge in [0.05, 0.1) is 11.7 Å². The van der Waals surface area contributed by atoms with Gasteiger partial charge in [-0.05, 0) is 142 Å². The lowest BCUT2D eigenvalue weighted by Gasteiger charge is -2.48. The molecule has 3 aliphatic heterocycles. The van der Waals surface area contributed by atoms with Gasteiger partial charge >= 0.3 is 0 Å². The van der Waals surface area contributed by atoms with Gasteiger partial charge in [0.1, 0.15) is 0 Å². The molecule has 0 N–H and O–H groups in total. The lowest BCUT2D eigenvalue weighted by atomic mass is 9.29. The van der Waals surface area contributed by atoms with Crippen LogP contribution < -0.4 is 20.7 Å². The minimum Gasteiger partial charge on any atom is -0.334 e. The number of fused-ring (bicyclic) bond motifs is 12. The standard InChI is InChI=1S/C63H64BN3S/c1-37-20-11-16-25-48(37)65(49-26-17-12-21-38(49)2)41-30-31-46-51(36-41)66(50-27-19-29-55-56(50)43-23-14-18-28-54(43)68-55)52-34-40(62(6,7)8)35-53-58(52)64(46)47-33-39(61(3,4)5)32-44-57-60(67(53)59(44)47)42-22-13-15-24-45(42)63(57,9)10/h11-21,24-25,27-30,32-36,42-43,46,49H,22-23,26,31H2,1-10H3. The number of anilines is 3. The van der Waals surface area contributed by atoms with Crippen LogP contribution in [0.2, 0.25) is 5.82 Å². The summed E-state index contributed by atoms with van der Waals surface area (Å²) >= 11 is 1.99. The Labute approximate surface area is 409 Å². The van der Waals surface area contributed by atoms with E-state index in [4.69, 9.17) is 0 Å². The van der Waals surface area contributed by atoms with Crippen molar-refractivity contribution in [1.82, 2.24) is 4.57 Å². The van der Waals surface area contributed by atoms with Gasteiger partial charge in [0.15, 0.2) is 0 Å². The summed E-state index contributed by atoms with van der Waals surface area (Å²) in [6, 6.07) is 27.0. The van der Waals surface area contributed by atoms with Gasteiger partial charge in [-0.3, -0.25) is 0 Å². The van der Waals surface area contributed by atoms with Crippen LogP contribution in [-0.2, 0) is 16.2 Å². The summed E-state index contributed by atoms with van der Waals surface area (Å²) in [6.07, 6.45) is 30.5. The van der Waals surface area contributed by atoms with Crippen LogP contribution in [0.3, 0.4) is 0 Å². The van der Waals surface area contributed by atoms with Crippen molar-refractivity contribution in [2.24, 2.45) is 0 Å². The third-order valence-electron chi connectivity index (χ3n) is 17.2. The summed E-state index contributed by atoms with van der Waals surface area (Å²) in [5, 5.41) is 1.47. The number of hydrogen-bond acceptors (Lipinski definition) is 3. The van der Waals surface area contributed by atoms with Crippen molar-refractivity contribution in [3.05, 3.63) is 195 Å². The quantitative estimate of drug-likeness (QED) is 0.167. The molecule has 0 saturated carbocycles. The average Bonchev–Trinajstić information content (AvgIpc) is 3.95. The molecule has 0 radical (unpaired) electrons. The van der Waals surface area contributed by atoms with Gasteiger partial charge in [0, 0.05) is 67.2 Å². The van der Waals surface area contributed by atoms with E-state index < -0.39 is 0 Å². The molecule has 1 aromatic heterocycles. The van der Waals surface area contributed by atoms with Gasteiger partial charge in [0.25, 0.3) is 0 Å². The lowest BCUT2D eigenvalue weighted by Crippen LogP contribution is -2.58. The Morgan fingerprint density at radius 3 is 2.24 bits per heavy atom. The molecule has 4 heterocycles. The van der Waals surface area contributed by atoms with E-state index in [-0.39, 0.29) is 34.8 Å². The van der Waals surface area contributed by atoms with Crippen LogP contribution in [0.15, 0.2) is 166 Å². The van der Waals surface area contributed by atoms with Gasteiger partial charge in [-0.1, -0.05) is 169 Å². The maximum Gasteiger partial charge on any atom is 0.226 e. The minimum absolute atomic E-state index is 0.0238. The van der Waals surface area contributed by atoms with Gasteiger partial charge in [-0.25, -0.2) is 0 Å². The second kappa shape index (κ2) is 14.7. The summed E-state index contributed by atoms with van der Waals surface area (Å²) in [5.74, 6) is 0.923. The fraction of sp³-hybridized carbons (Fsp3) is 0.333. The molecule has 8 aliphatic rings. The van der Waals surface area contributed by atoms with Crippen LogP contribution in [-0.4, -0.2) is 17.3 Å². The molecular weight excluding hydrogens is 842 g/mol. The zero-order chi connectivity index (χ0) is 46.8. The predicted octanol–water partition coefficient (Wildman–Crippen LogP) is 15.2. The van der Waals surface area contributed by atoms with Crippen molar-refractivity contribution in [1.29, 1.82) is 0 Å². The average molecular weight is 906 g/mol. The number of aryl methyl sites for hydroxylation is 1. The Hall–Kier alpha value is -5.65. The predicted molar refractivity (Wildman–Crippen MR) is 292 cm³/mol. The van der Waals surface area contributed by atoms with E-state index in [0.717, 1.165) is 25.7 Å². The Balaban J connectivity index is 1.15. The molecule has 0 fully saturated rings. The Morgan fingerprint density at radius 2 is 1.46 bits per heavy atom. The van der Waals surface area contributed by atoms with Crippen LogP contribution >= 0.6 is 11.8 Å². The fourth-order valence-corrected chi connectivity index (χ4v) is 15.1. The van der Waals surface area contributed by atoms with Crippen molar-refractivity contribution in [3.63, 3.8) is 0 Å². The molecule has 13 rings (SSSR count). The highest BCUT2D eigenvalue weighted by Gasteiger charge is 2.53. The third-order valence-corrected chi connectivity index (χ3v) is 18.4. The molecule has 0 saturated heterocycles. The molecule has 0 spiro atoms. The topological polar surface area (TPSA) is 11.4 Å². The Kier molecular flexibility index (Phi) is 9.17. The van der Waals surface area contributed by atoms with Gasteiger partial charge in [-0.15, -0.1) is 0 Å². The summed E-state index contributed by atoms with van der Waals surface area (Å²) in [5.41, 5.74) is 24.1. The summed E-state index contributed by atoms with van der Waals surface area (Å²) < 4.78 is 2.84. The van der Waals surface area contributed by atoms with Crippen LogP contribution in [0.1, 0.15) is 133 Å². The number of rotatable bonds is 4. The highest BCUT2D eigenvalue weighted by molar-refractivity contribution is 8.03. The van der Waals surface area contributed by atoms with Gasteiger partial charge in [0.2, 0.25) is 6.71 Å². The number of allylic oxidation sites excluding steroid dienone is 13. The van der Waals surface area contributed by atoms with E-state index in [1.807, 2.05) is 11.8 Å². The van der Waals surface area contributed by atoms with E-state index in [9.17, 15) is 0 Å². The van der Waals surface area contributed by atoms with Crippen molar-refractivity contribution >= 4 is 57.4 Å². The van der Waals surface area contributed by atoms with Crippen LogP contribution in [0.25, 0.3) is 16.6 Å². The number of nitrogens with zero attached hydrogens (tertiary/aromatic N) is 3. The normalized spacial score (nSPS) is 23.5. The second-order valence-electron chi connectivity index (χ2n) is 23.6. The molecular formula is C63H64BN3S. The first-order valence-electron chi connectivity index (χ1n) is 25.5. The highest BCUT2D eigenvalue weighted by atomic mass is 32.2. The second-order valence-corrected chi connectivity index (χ2v) is 24.7. The van der Waals surface area contributed by atoms with Crippen LogP contribution in [0, 0.1) is 6.92 Å². The number of hydrogen-bond donors (Lipinski definition) is 0. The molecule has 0 amide bonds. The zero-order valence-electron chi connectivity index (χ0n) is 41.7. The smallest absolute Gasteiger partial charge is 0.226 e. The molecule has 5 aromatic rings. The molecule has 4 aromatic carbocycles. The van der Waals surface area contributed by atoms with E-state index >= 15 is 0 Å². The van der Waals surface area contributed by atoms with Gasteiger partial charge < -0.3 is 14.4 Å². The lowest BCUT2D eigenvalue weighted by molar-refractivity contribution is 0.589. The van der Waals surface area contributed by atoms with Crippen molar-refractivity contribution < 1.29 is 0 Å². The fourth-order valence-electron chi connectivity index (χ4n) is 13.8. The molecule has 4 atom stereocenters. The number of para-hydroxylation sites is 1. The van der Waals surface area contributed by atoms with E-state index in [1.165, 1.54) is 99.3 Å². The van der Waals surface area contributed by atoms with Crippen LogP contribution in [0.5, 0.6) is 0 Å². The molecule has 0 bridgehead atoms. The van der Waals surface area contributed by atoms with Crippen molar-refractivity contribution in [2.45, 2.75) is 140 Å². The molecule has 340 valence electrons. The first-order chi connectivity index (χ1) is 32.6. The van der Waals surface area contributed by atoms with E-state index in [0.29, 0.717) is 11.8 Å². The minimum atomic E-state index is -0.0892. The molecule has 3 nitrogen and oxygen atoms in total. The third kappa shape index (κ3) is 5.93. The monoisotopic (exact) mass is 905 g/mol. The number of aromatic nitrogens is 1. The molecule has 4 unspecified atom stereocenters. The summed E-state index contributed by atoms with van der Waals surface area (Å²) in [7, 11) is 0. The highest BCUT2D eigenvalue weighted by Crippen LogP contribution is 2.61. The Bertz CT molecular complexity index is 3320. The number of benzene rings is 4. The Morgan fingerprint density at radius 1 is 0.735 bits per heavy atom. The first-order valence-corrected chi connectivity index (χ1v) is 26.3. The number of thioether (sulfide) groups is 1. The largest absolute Gasteiger partial charge is 0.334 e. The molecule has 5 aliphatic carbocycles. The van der Waals surface area contributed by atoms with E-state index in [1.54, 1.807) is 11.1 Å². The maximum atomic E-state index is 2.84.